The highest BCUT2D eigenvalue weighted by molar-refractivity contribution is 5.98. The molecule has 1 aliphatic rings. The smallest absolute Gasteiger partial charge is 0.304 e. The van der Waals surface area contributed by atoms with E-state index in [2.05, 4.69) is 10.7 Å². The molecule has 2 N–H and O–H groups in total. The Kier molecular flexibility index (Phi) is 6.03. The summed E-state index contributed by atoms with van der Waals surface area (Å²) in [5.41, 5.74) is 7.25. The highest BCUT2D eigenvalue weighted by atomic mass is 16.5. The van der Waals surface area contributed by atoms with Gasteiger partial charge in [0.2, 0.25) is 12.3 Å². The Hall–Kier alpha value is -3.93. The molecular weight excluding hydrogens is 402 g/mol. The SMILES string of the molecule is COc1ccccc1/C=[N+]1\NC(=O)[C@H](NC(=O)c2cccc(C)c2)[C@H]1c1ccc(C)cc1. The van der Waals surface area contributed by atoms with Crippen LogP contribution in [0.5, 0.6) is 5.75 Å². The third-order valence-corrected chi connectivity index (χ3v) is 5.54. The molecule has 2 amide bonds. The topological polar surface area (TPSA) is 70.4 Å². The monoisotopic (exact) mass is 428 g/mol. The highest BCUT2D eigenvalue weighted by Gasteiger charge is 2.47. The van der Waals surface area contributed by atoms with Crippen molar-refractivity contribution in [3.63, 3.8) is 0 Å². The zero-order chi connectivity index (χ0) is 22.7. The van der Waals surface area contributed by atoms with Crippen molar-refractivity contribution in [1.29, 1.82) is 0 Å². The first-order valence-electron chi connectivity index (χ1n) is 10.5. The molecule has 0 bridgehead atoms. The van der Waals surface area contributed by atoms with Gasteiger partial charge in [0, 0.05) is 11.1 Å². The Labute approximate surface area is 187 Å². The van der Waals surface area contributed by atoms with Crippen LogP contribution in [-0.4, -0.2) is 35.9 Å². The maximum Gasteiger partial charge on any atom is 0.304 e. The molecule has 3 aromatic rings. The number of aryl methyl sites for hydroxylation is 2. The number of benzene rings is 3. The van der Waals surface area contributed by atoms with E-state index in [1.807, 2.05) is 86.8 Å². The van der Waals surface area contributed by atoms with Gasteiger partial charge in [-0.05, 0) is 38.1 Å². The summed E-state index contributed by atoms with van der Waals surface area (Å²) in [5, 5.41) is 2.94. The van der Waals surface area contributed by atoms with Crippen molar-refractivity contribution < 1.29 is 19.0 Å². The number of amides is 2. The summed E-state index contributed by atoms with van der Waals surface area (Å²) in [6, 6.07) is 21.6. The van der Waals surface area contributed by atoms with Gasteiger partial charge in [-0.25, -0.2) is 0 Å². The van der Waals surface area contributed by atoms with Crippen LogP contribution in [0.1, 0.15) is 38.7 Å². The molecule has 0 saturated carbocycles. The lowest BCUT2D eigenvalue weighted by Crippen LogP contribution is -2.42. The van der Waals surface area contributed by atoms with Gasteiger partial charge in [-0.2, -0.15) is 0 Å². The molecule has 1 heterocycles. The molecule has 0 spiro atoms. The largest absolute Gasteiger partial charge is 0.496 e. The van der Waals surface area contributed by atoms with Crippen LogP contribution in [0.2, 0.25) is 0 Å². The zero-order valence-electron chi connectivity index (χ0n) is 18.3. The molecular formula is C26H26N3O3+. The van der Waals surface area contributed by atoms with Gasteiger partial charge in [0.05, 0.1) is 12.7 Å². The first kappa shape index (κ1) is 21.3. The molecule has 1 fully saturated rings. The number of rotatable bonds is 5. The first-order chi connectivity index (χ1) is 15.5. The second-order valence-corrected chi connectivity index (χ2v) is 7.93. The van der Waals surface area contributed by atoms with Gasteiger partial charge >= 0.3 is 5.91 Å². The summed E-state index contributed by atoms with van der Waals surface area (Å²) >= 11 is 0. The summed E-state index contributed by atoms with van der Waals surface area (Å²) in [5.74, 6) is 0.129. The van der Waals surface area contributed by atoms with E-state index in [9.17, 15) is 9.59 Å². The summed E-state index contributed by atoms with van der Waals surface area (Å²) < 4.78 is 7.20. The number of hydrazine groups is 1. The normalized spacial score (nSPS) is 19.0. The molecule has 6 nitrogen and oxygen atoms in total. The summed E-state index contributed by atoms with van der Waals surface area (Å²) in [7, 11) is 1.61. The zero-order valence-corrected chi connectivity index (χ0v) is 18.3. The second-order valence-electron chi connectivity index (χ2n) is 7.93. The number of para-hydroxylation sites is 1. The Morgan fingerprint density at radius 1 is 1.00 bits per heavy atom. The van der Waals surface area contributed by atoms with E-state index in [1.165, 1.54) is 0 Å². The average Bonchev–Trinajstić information content (AvgIpc) is 3.09. The quantitative estimate of drug-likeness (QED) is 0.613. The van der Waals surface area contributed by atoms with E-state index in [4.69, 9.17) is 4.74 Å². The van der Waals surface area contributed by atoms with E-state index in [0.717, 1.165) is 22.3 Å². The molecule has 0 aliphatic carbocycles. The van der Waals surface area contributed by atoms with Crippen LogP contribution in [-0.2, 0) is 4.79 Å². The molecule has 3 aromatic carbocycles. The molecule has 162 valence electrons. The van der Waals surface area contributed by atoms with Crippen LogP contribution in [0.15, 0.2) is 72.8 Å². The molecule has 4 rings (SSSR count). The van der Waals surface area contributed by atoms with Crippen molar-refractivity contribution in [2.75, 3.05) is 7.11 Å². The lowest BCUT2D eigenvalue weighted by atomic mass is 9.98. The van der Waals surface area contributed by atoms with Gasteiger partial charge in [-0.15, -0.1) is 10.1 Å². The number of hydrazone groups is 1. The Morgan fingerprint density at radius 2 is 1.75 bits per heavy atom. The van der Waals surface area contributed by atoms with Gasteiger partial charge in [0.15, 0.2) is 6.04 Å². The molecule has 0 radical (unpaired) electrons. The number of hydrogen-bond donors (Lipinski definition) is 2. The first-order valence-corrected chi connectivity index (χ1v) is 10.5. The predicted octanol–water partition coefficient (Wildman–Crippen LogP) is 3.33. The lowest BCUT2D eigenvalue weighted by Gasteiger charge is -2.15. The van der Waals surface area contributed by atoms with Gasteiger partial charge in [-0.1, -0.05) is 59.7 Å². The van der Waals surface area contributed by atoms with Crippen LogP contribution in [0.4, 0.5) is 0 Å². The molecule has 1 saturated heterocycles. The molecule has 0 aromatic heterocycles. The fraction of sp³-hybridized carbons (Fsp3) is 0.192. The van der Waals surface area contributed by atoms with Crippen LogP contribution in [0, 0.1) is 13.8 Å². The molecule has 6 heteroatoms. The summed E-state index contributed by atoms with van der Waals surface area (Å²) in [6.45, 7) is 3.94. The third kappa shape index (κ3) is 4.39. The van der Waals surface area contributed by atoms with Crippen molar-refractivity contribution in [2.24, 2.45) is 0 Å². The van der Waals surface area contributed by atoms with Crippen molar-refractivity contribution in [3.05, 3.63) is 101 Å². The van der Waals surface area contributed by atoms with Crippen LogP contribution in [0.25, 0.3) is 0 Å². The van der Waals surface area contributed by atoms with Crippen molar-refractivity contribution in [2.45, 2.75) is 25.9 Å². The van der Waals surface area contributed by atoms with Crippen LogP contribution in [0.3, 0.4) is 0 Å². The fourth-order valence-corrected chi connectivity index (χ4v) is 3.88. The average molecular weight is 429 g/mol. The third-order valence-electron chi connectivity index (χ3n) is 5.54. The number of methoxy groups -OCH3 is 1. The van der Waals surface area contributed by atoms with Crippen LogP contribution >= 0.6 is 0 Å². The van der Waals surface area contributed by atoms with E-state index in [-0.39, 0.29) is 11.8 Å². The van der Waals surface area contributed by atoms with Crippen molar-refractivity contribution >= 4 is 18.0 Å². The van der Waals surface area contributed by atoms with E-state index in [0.29, 0.717) is 11.3 Å². The van der Waals surface area contributed by atoms with Gasteiger partial charge in [0.1, 0.15) is 5.75 Å². The molecule has 1 aliphatic heterocycles. The van der Waals surface area contributed by atoms with E-state index < -0.39 is 12.1 Å². The summed E-state index contributed by atoms with van der Waals surface area (Å²) in [4.78, 5) is 26.0. The van der Waals surface area contributed by atoms with Gasteiger partial charge in [0.25, 0.3) is 5.91 Å². The Bertz CT molecular complexity index is 1180. The van der Waals surface area contributed by atoms with E-state index >= 15 is 0 Å². The number of nitrogens with one attached hydrogen (secondary N) is 2. The highest BCUT2D eigenvalue weighted by Crippen LogP contribution is 2.27. The summed E-state index contributed by atoms with van der Waals surface area (Å²) in [6.07, 6.45) is 1.83. The number of ether oxygens (including phenoxy) is 1. The van der Waals surface area contributed by atoms with Gasteiger partial charge < -0.3 is 10.1 Å². The van der Waals surface area contributed by atoms with Crippen molar-refractivity contribution in [1.82, 2.24) is 10.7 Å². The number of nitrogens with zero attached hydrogens (tertiary/aromatic N) is 1. The lowest BCUT2D eigenvalue weighted by molar-refractivity contribution is -0.596. The number of carbonyl (C=O) groups excluding carboxylic acids is 2. The second kappa shape index (κ2) is 9.06. The predicted molar refractivity (Wildman–Crippen MR) is 123 cm³/mol. The minimum absolute atomic E-state index is 0.275. The number of carbonyl (C=O) groups is 2. The Balaban J connectivity index is 1.73. The van der Waals surface area contributed by atoms with Crippen LogP contribution < -0.4 is 15.5 Å². The standard InChI is InChI=1S/C26H25N3O3/c1-17-11-13-19(14-12-17)24-23(27-25(30)20-9-6-7-18(2)15-20)26(31)28-29(24)16-21-8-4-5-10-22(21)32-3/h4-16,23-24H,1-3H3,(H-,27,28,30,31)/p+1/b29-16-/t23-,24-/m1/s1. The van der Waals surface area contributed by atoms with E-state index in [1.54, 1.807) is 17.9 Å². The minimum Gasteiger partial charge on any atom is -0.496 e. The molecule has 2 atom stereocenters. The minimum atomic E-state index is -0.767. The Morgan fingerprint density at radius 3 is 2.47 bits per heavy atom. The maximum atomic E-state index is 13.0. The fourth-order valence-electron chi connectivity index (χ4n) is 3.88. The molecule has 0 unspecified atom stereocenters. The maximum absolute atomic E-state index is 13.0. The van der Waals surface area contributed by atoms with Gasteiger partial charge in [-0.3, -0.25) is 9.59 Å². The number of hydrogen-bond acceptors (Lipinski definition) is 3. The molecule has 32 heavy (non-hydrogen) atoms. The van der Waals surface area contributed by atoms with Crippen molar-refractivity contribution in [3.8, 4) is 5.75 Å².